The largest absolute Gasteiger partial charge is 0.475 e. The zero-order chi connectivity index (χ0) is 17.9. The molecule has 0 fully saturated rings. The highest BCUT2D eigenvalue weighted by atomic mass is 19.1. The van der Waals surface area contributed by atoms with E-state index in [4.69, 9.17) is 10.1 Å². The molecule has 1 aromatic carbocycles. The molecule has 0 radical (unpaired) electrons. The first-order valence-electron chi connectivity index (χ1n) is 7.47. The quantitative estimate of drug-likeness (QED) is 0.419. The normalized spacial score (nSPS) is 11.3. The van der Waals surface area contributed by atoms with Crippen molar-refractivity contribution in [1.29, 1.82) is 5.41 Å². The Balaban J connectivity index is 2.10. The standard InChI is InChI=1S/C18H18FN5O/c1-21-24-13-25-12-15(10-17(20)18-8-4-5-9-22-18)23-11-14-6-2-3-7-16(14)19/h2-10,13,20,23H,1,11-12H2/b15-10-,20-17?,24-13-. The Morgan fingerprint density at radius 1 is 1.28 bits per heavy atom. The smallest absolute Gasteiger partial charge is 0.195 e. The van der Waals surface area contributed by atoms with Crippen molar-refractivity contribution in [2.75, 3.05) is 6.61 Å². The van der Waals surface area contributed by atoms with E-state index < -0.39 is 0 Å². The molecular weight excluding hydrogens is 321 g/mol. The third kappa shape index (κ3) is 5.98. The number of benzene rings is 1. The van der Waals surface area contributed by atoms with Crippen LogP contribution in [-0.4, -0.2) is 30.4 Å². The highest BCUT2D eigenvalue weighted by Gasteiger charge is 2.05. The first-order chi connectivity index (χ1) is 12.2. The number of ether oxygens (including phenoxy) is 1. The number of hydrogen-bond donors (Lipinski definition) is 2. The van der Waals surface area contributed by atoms with Crippen LogP contribution in [0, 0.1) is 11.2 Å². The van der Waals surface area contributed by atoms with Crippen molar-refractivity contribution in [3.8, 4) is 0 Å². The minimum absolute atomic E-state index is 0.114. The average molecular weight is 339 g/mol. The zero-order valence-electron chi connectivity index (χ0n) is 13.5. The molecule has 7 heteroatoms. The Labute approximate surface area is 145 Å². The molecule has 25 heavy (non-hydrogen) atoms. The lowest BCUT2D eigenvalue weighted by Gasteiger charge is -2.12. The van der Waals surface area contributed by atoms with Crippen molar-refractivity contribution >= 4 is 18.8 Å². The molecule has 128 valence electrons. The molecule has 0 saturated heterocycles. The number of pyridine rings is 1. The van der Waals surface area contributed by atoms with E-state index in [9.17, 15) is 4.39 Å². The van der Waals surface area contributed by atoms with E-state index in [0.717, 1.165) is 6.40 Å². The van der Waals surface area contributed by atoms with Crippen molar-refractivity contribution in [1.82, 2.24) is 10.3 Å². The fourth-order valence-electron chi connectivity index (χ4n) is 1.96. The second-order valence-electron chi connectivity index (χ2n) is 4.92. The van der Waals surface area contributed by atoms with Gasteiger partial charge in [0, 0.05) is 25.0 Å². The Morgan fingerprint density at radius 2 is 2.08 bits per heavy atom. The lowest BCUT2D eigenvalue weighted by atomic mass is 10.2. The maximum atomic E-state index is 13.7. The molecule has 0 atom stereocenters. The Morgan fingerprint density at radius 3 is 2.80 bits per heavy atom. The number of aromatic nitrogens is 1. The molecule has 2 aromatic rings. The van der Waals surface area contributed by atoms with Crippen molar-refractivity contribution in [3.63, 3.8) is 0 Å². The van der Waals surface area contributed by atoms with Gasteiger partial charge >= 0.3 is 0 Å². The number of halogens is 1. The molecular formula is C18H18FN5O. The highest BCUT2D eigenvalue weighted by Crippen LogP contribution is 2.07. The van der Waals surface area contributed by atoms with E-state index in [2.05, 4.69) is 27.2 Å². The Bertz CT molecular complexity index is 774. The summed E-state index contributed by atoms with van der Waals surface area (Å²) in [6.45, 7) is 3.58. The highest BCUT2D eigenvalue weighted by molar-refractivity contribution is 6.05. The molecule has 0 aliphatic carbocycles. The first-order valence-corrected chi connectivity index (χ1v) is 7.47. The molecule has 0 amide bonds. The van der Waals surface area contributed by atoms with E-state index in [-0.39, 0.29) is 24.7 Å². The summed E-state index contributed by atoms with van der Waals surface area (Å²) in [6.07, 6.45) is 4.34. The van der Waals surface area contributed by atoms with Gasteiger partial charge in [-0.1, -0.05) is 24.3 Å². The molecule has 1 aromatic heterocycles. The van der Waals surface area contributed by atoms with Crippen LogP contribution in [0.5, 0.6) is 0 Å². The molecule has 2 rings (SSSR count). The lowest BCUT2D eigenvalue weighted by Crippen LogP contribution is -2.19. The molecule has 0 spiro atoms. The van der Waals surface area contributed by atoms with Crippen molar-refractivity contribution in [3.05, 3.63) is 77.5 Å². The van der Waals surface area contributed by atoms with Crippen LogP contribution < -0.4 is 5.32 Å². The number of rotatable bonds is 9. The summed E-state index contributed by atoms with van der Waals surface area (Å²) in [5.74, 6) is -0.299. The van der Waals surface area contributed by atoms with Gasteiger partial charge in [-0.15, -0.1) is 5.10 Å². The van der Waals surface area contributed by atoms with E-state index in [1.165, 1.54) is 6.07 Å². The van der Waals surface area contributed by atoms with E-state index in [0.29, 0.717) is 17.0 Å². The number of allylic oxidation sites excluding steroid dienone is 1. The SMILES string of the molecule is C=N/N=C\OC/C(=C/C(=N)c1ccccn1)NCc1ccccc1F. The minimum Gasteiger partial charge on any atom is -0.475 e. The fourth-order valence-corrected chi connectivity index (χ4v) is 1.96. The minimum atomic E-state index is -0.299. The van der Waals surface area contributed by atoms with Gasteiger partial charge in [0.1, 0.15) is 12.4 Å². The Hall–Kier alpha value is -3.35. The average Bonchev–Trinajstić information content (AvgIpc) is 2.64. The van der Waals surface area contributed by atoms with Gasteiger partial charge in [-0.05, 0) is 24.3 Å². The van der Waals surface area contributed by atoms with Crippen LogP contribution in [0.2, 0.25) is 0 Å². The second-order valence-corrected chi connectivity index (χ2v) is 4.92. The van der Waals surface area contributed by atoms with E-state index in [1.54, 1.807) is 48.7 Å². The van der Waals surface area contributed by atoms with Gasteiger partial charge in [0.25, 0.3) is 0 Å². The van der Waals surface area contributed by atoms with Gasteiger partial charge < -0.3 is 10.1 Å². The topological polar surface area (TPSA) is 82.7 Å². The monoisotopic (exact) mass is 339 g/mol. The number of hydrogen-bond acceptors (Lipinski definition) is 6. The molecule has 0 unspecified atom stereocenters. The third-order valence-electron chi connectivity index (χ3n) is 3.17. The maximum Gasteiger partial charge on any atom is 0.195 e. The van der Waals surface area contributed by atoms with Crippen LogP contribution in [0.3, 0.4) is 0 Å². The number of nitrogens with one attached hydrogen (secondary N) is 2. The van der Waals surface area contributed by atoms with Gasteiger partial charge in [-0.2, -0.15) is 5.10 Å². The van der Waals surface area contributed by atoms with Crippen LogP contribution in [0.1, 0.15) is 11.3 Å². The number of nitrogens with zero attached hydrogens (tertiary/aromatic N) is 3. The molecule has 1 heterocycles. The van der Waals surface area contributed by atoms with Gasteiger partial charge in [0.05, 0.1) is 17.1 Å². The van der Waals surface area contributed by atoms with Crippen LogP contribution >= 0.6 is 0 Å². The van der Waals surface area contributed by atoms with Gasteiger partial charge in [-0.3, -0.25) is 10.4 Å². The summed E-state index contributed by atoms with van der Waals surface area (Å²) < 4.78 is 19.0. The van der Waals surface area contributed by atoms with E-state index >= 15 is 0 Å². The van der Waals surface area contributed by atoms with Crippen LogP contribution in [0.15, 0.2) is 70.6 Å². The predicted octanol–water partition coefficient (Wildman–Crippen LogP) is 2.92. The van der Waals surface area contributed by atoms with Gasteiger partial charge in [0.15, 0.2) is 6.40 Å². The summed E-state index contributed by atoms with van der Waals surface area (Å²) in [5, 5.41) is 18.0. The summed E-state index contributed by atoms with van der Waals surface area (Å²) in [4.78, 5) is 4.13. The van der Waals surface area contributed by atoms with Crippen LogP contribution in [-0.2, 0) is 11.3 Å². The molecule has 2 N–H and O–H groups in total. The fraction of sp³-hybridized carbons (Fsp3) is 0.111. The third-order valence-corrected chi connectivity index (χ3v) is 3.17. The molecule has 0 bridgehead atoms. The first kappa shape index (κ1) is 18.0. The van der Waals surface area contributed by atoms with Crippen LogP contribution in [0.4, 0.5) is 4.39 Å². The second kappa shape index (κ2) is 9.71. The zero-order valence-corrected chi connectivity index (χ0v) is 13.5. The lowest BCUT2D eigenvalue weighted by molar-refractivity contribution is 0.344. The van der Waals surface area contributed by atoms with Crippen LogP contribution in [0.25, 0.3) is 0 Å². The summed E-state index contributed by atoms with van der Waals surface area (Å²) in [6, 6.07) is 11.8. The summed E-state index contributed by atoms with van der Waals surface area (Å²) >= 11 is 0. The van der Waals surface area contributed by atoms with Gasteiger partial charge in [0.2, 0.25) is 0 Å². The molecule has 0 saturated carbocycles. The molecule has 0 aliphatic heterocycles. The summed E-state index contributed by atoms with van der Waals surface area (Å²) in [7, 11) is 0. The Kier molecular flexibility index (Phi) is 6.99. The molecule has 0 aliphatic rings. The predicted molar refractivity (Wildman–Crippen MR) is 96.4 cm³/mol. The van der Waals surface area contributed by atoms with E-state index in [1.807, 2.05) is 0 Å². The van der Waals surface area contributed by atoms with Gasteiger partial charge in [-0.25, -0.2) is 4.39 Å². The molecule has 6 nitrogen and oxygen atoms in total. The van der Waals surface area contributed by atoms with Crippen molar-refractivity contribution in [2.45, 2.75) is 6.54 Å². The maximum absolute atomic E-state index is 13.7. The van der Waals surface area contributed by atoms with Crippen molar-refractivity contribution in [2.24, 2.45) is 10.2 Å². The summed E-state index contributed by atoms with van der Waals surface area (Å²) in [5.41, 5.74) is 1.82. The van der Waals surface area contributed by atoms with Crippen molar-refractivity contribution < 1.29 is 9.13 Å².